The lowest BCUT2D eigenvalue weighted by molar-refractivity contribution is -0.0964. The van der Waals surface area contributed by atoms with Crippen molar-refractivity contribution < 1.29 is 17.6 Å². The average molecular weight is 488 g/mol. The quantitative estimate of drug-likeness (QED) is 0.275. The number of fused-ring (bicyclic) bond motifs is 1. The van der Waals surface area contributed by atoms with Gasteiger partial charge in [0.25, 0.3) is 0 Å². The summed E-state index contributed by atoms with van der Waals surface area (Å²) in [4.78, 5) is 24.6. The number of aromatic amines is 1. The molecule has 35 heavy (non-hydrogen) atoms. The number of allylic oxidation sites excluding steroid dienone is 1. The zero-order valence-electron chi connectivity index (χ0n) is 19.7. The Labute approximate surface area is 199 Å². The molecule has 0 saturated carbocycles. The molecule has 0 amide bonds. The maximum absolute atomic E-state index is 15.0. The lowest BCUT2D eigenvalue weighted by atomic mass is 9.92. The fourth-order valence-electron chi connectivity index (χ4n) is 3.77. The maximum Gasteiger partial charge on any atom is 0.412 e. The Morgan fingerprint density at radius 2 is 1.86 bits per heavy atom. The lowest BCUT2D eigenvalue weighted by Gasteiger charge is -2.16. The number of alkyl halides is 4. The van der Waals surface area contributed by atoms with Crippen molar-refractivity contribution in [3.05, 3.63) is 71.2 Å². The smallest absolute Gasteiger partial charge is 0.343 e. The van der Waals surface area contributed by atoms with Crippen molar-refractivity contribution in [2.45, 2.75) is 45.1 Å². The molecule has 1 unspecified atom stereocenters. The first-order valence-corrected chi connectivity index (χ1v) is 10.9. The molecule has 1 atom stereocenters. The highest BCUT2D eigenvalue weighted by molar-refractivity contribution is 5.83. The van der Waals surface area contributed by atoms with Gasteiger partial charge in [-0.05, 0) is 29.8 Å². The van der Waals surface area contributed by atoms with E-state index in [0.29, 0.717) is 10.1 Å². The number of rotatable bonds is 5. The van der Waals surface area contributed by atoms with Crippen LogP contribution >= 0.6 is 0 Å². The summed E-state index contributed by atoms with van der Waals surface area (Å²) >= 11 is 0. The Bertz CT molecular complexity index is 1470. The number of hydrogen-bond donors (Lipinski definition) is 1. The van der Waals surface area contributed by atoms with Crippen LogP contribution in [-0.4, -0.2) is 30.3 Å². The molecule has 4 aromatic rings. The molecular formula is C25H25F4N5O. The van der Waals surface area contributed by atoms with Gasteiger partial charge in [0.1, 0.15) is 5.65 Å². The van der Waals surface area contributed by atoms with Gasteiger partial charge in [0.05, 0.1) is 11.4 Å². The minimum atomic E-state index is -4.75. The van der Waals surface area contributed by atoms with Crippen LogP contribution in [0.15, 0.2) is 59.8 Å². The highest BCUT2D eigenvalue weighted by Gasteiger charge is 2.34. The molecule has 0 spiro atoms. The summed E-state index contributed by atoms with van der Waals surface area (Å²) < 4.78 is 55.4. The highest BCUT2D eigenvalue weighted by Crippen LogP contribution is 2.34. The fourth-order valence-corrected chi connectivity index (χ4v) is 3.77. The van der Waals surface area contributed by atoms with E-state index in [-0.39, 0.29) is 16.8 Å². The maximum atomic E-state index is 15.0. The Morgan fingerprint density at radius 1 is 1.14 bits per heavy atom. The van der Waals surface area contributed by atoms with Gasteiger partial charge in [-0.1, -0.05) is 27.4 Å². The highest BCUT2D eigenvalue weighted by atomic mass is 19.4. The largest absolute Gasteiger partial charge is 0.412 e. The van der Waals surface area contributed by atoms with E-state index in [2.05, 4.69) is 42.3 Å². The van der Waals surface area contributed by atoms with Crippen molar-refractivity contribution in [3.8, 4) is 22.5 Å². The number of aromatic nitrogens is 5. The summed E-state index contributed by atoms with van der Waals surface area (Å²) in [5, 5.41) is 0.914. The summed E-state index contributed by atoms with van der Waals surface area (Å²) in [6, 6.07) is 7.38. The third-order valence-electron chi connectivity index (χ3n) is 5.81. The second-order valence-electron chi connectivity index (χ2n) is 9.54. The molecule has 4 rings (SSSR count). The summed E-state index contributed by atoms with van der Waals surface area (Å²) in [5.41, 5.74) is 1.44. The van der Waals surface area contributed by atoms with Crippen molar-refractivity contribution in [1.82, 2.24) is 24.1 Å². The van der Waals surface area contributed by atoms with Gasteiger partial charge in [0.15, 0.2) is 6.30 Å². The van der Waals surface area contributed by atoms with Crippen LogP contribution in [0, 0.1) is 0 Å². The monoisotopic (exact) mass is 487 g/mol. The van der Waals surface area contributed by atoms with Gasteiger partial charge in [-0.3, -0.25) is 9.55 Å². The molecule has 0 aromatic carbocycles. The van der Waals surface area contributed by atoms with Gasteiger partial charge in [-0.25, -0.2) is 14.2 Å². The summed E-state index contributed by atoms with van der Waals surface area (Å²) in [6.07, 6.45) is -3.54. The van der Waals surface area contributed by atoms with Gasteiger partial charge >= 0.3 is 11.9 Å². The molecule has 0 fully saturated rings. The fraction of sp³-hybridized carbons (Fsp3) is 0.320. The Balaban J connectivity index is 1.74. The number of hydrogen-bond acceptors (Lipinski definition) is 3. The van der Waals surface area contributed by atoms with E-state index < -0.39 is 30.2 Å². The molecule has 6 nitrogen and oxygen atoms in total. The number of aryl methyl sites for hydroxylation is 1. The van der Waals surface area contributed by atoms with E-state index in [9.17, 15) is 22.4 Å². The predicted molar refractivity (Wildman–Crippen MR) is 127 cm³/mol. The van der Waals surface area contributed by atoms with Gasteiger partial charge in [0, 0.05) is 59.7 Å². The molecule has 0 aliphatic carbocycles. The van der Waals surface area contributed by atoms with E-state index in [1.54, 1.807) is 18.3 Å². The van der Waals surface area contributed by atoms with Crippen LogP contribution in [0.3, 0.4) is 0 Å². The second kappa shape index (κ2) is 8.51. The topological polar surface area (TPSA) is 68.5 Å². The number of halogens is 4. The Kier molecular flexibility index (Phi) is 5.94. The summed E-state index contributed by atoms with van der Waals surface area (Å²) in [7, 11) is 1.40. The van der Waals surface area contributed by atoms with Crippen LogP contribution in [0.5, 0.6) is 0 Å². The van der Waals surface area contributed by atoms with Crippen LogP contribution in [0.2, 0.25) is 0 Å². The Hall–Kier alpha value is -3.69. The van der Waals surface area contributed by atoms with Crippen LogP contribution in [0.4, 0.5) is 17.6 Å². The minimum absolute atomic E-state index is 0.0625. The van der Waals surface area contributed by atoms with Crippen molar-refractivity contribution in [1.29, 1.82) is 0 Å². The molecule has 1 N–H and O–H groups in total. The molecule has 4 aromatic heterocycles. The van der Waals surface area contributed by atoms with Gasteiger partial charge in [-0.2, -0.15) is 13.2 Å². The van der Waals surface area contributed by atoms with E-state index in [1.807, 2.05) is 12.1 Å². The predicted octanol–water partition coefficient (Wildman–Crippen LogP) is 6.07. The molecule has 184 valence electrons. The number of nitrogens with zero attached hydrogens (tertiary/aromatic N) is 4. The van der Waals surface area contributed by atoms with Crippen LogP contribution < -0.4 is 5.69 Å². The lowest BCUT2D eigenvalue weighted by Crippen LogP contribution is -2.26. The van der Waals surface area contributed by atoms with E-state index in [4.69, 9.17) is 0 Å². The average Bonchev–Trinajstić information content (AvgIpc) is 3.34. The molecule has 4 heterocycles. The first kappa shape index (κ1) is 24.4. The van der Waals surface area contributed by atoms with Crippen LogP contribution in [0.25, 0.3) is 33.5 Å². The molecule has 10 heteroatoms. The molecule has 0 aliphatic heterocycles. The number of imidazole rings is 1. The van der Waals surface area contributed by atoms with E-state index >= 15 is 0 Å². The molecule has 0 saturated heterocycles. The van der Waals surface area contributed by atoms with Gasteiger partial charge in [-0.15, -0.1) is 0 Å². The molecule has 0 radical (unpaired) electrons. The van der Waals surface area contributed by atoms with Crippen molar-refractivity contribution in [3.63, 3.8) is 0 Å². The molecule has 0 aliphatic rings. The van der Waals surface area contributed by atoms with Gasteiger partial charge in [0.2, 0.25) is 0 Å². The van der Waals surface area contributed by atoms with Crippen LogP contribution in [-0.2, 0) is 12.5 Å². The SMILES string of the molecule is C=C(CC(F)n1c(-c2cc(-c3cnc4[nH]c(C(C)(C)C)cc4c3)ccn2)cn(C)c1=O)C(F)(F)F. The third-order valence-corrected chi connectivity index (χ3v) is 5.81. The van der Waals surface area contributed by atoms with Crippen molar-refractivity contribution in [2.75, 3.05) is 0 Å². The molecule has 0 bridgehead atoms. The zero-order chi connectivity index (χ0) is 25.7. The number of nitrogens with one attached hydrogen (secondary N) is 1. The third kappa shape index (κ3) is 4.78. The van der Waals surface area contributed by atoms with Gasteiger partial charge < -0.3 is 9.55 Å². The standard InChI is InChI=1S/C25H25F4N5O/c1-14(25(27,28)29)8-21(26)34-19(13-33(5)23(34)35)18-10-15(6-7-30-18)17-9-16-11-20(24(2,3)4)32-22(16)31-12-17/h6-7,9-13,21H,1,8H2,2-5H3,(H,31,32). The normalized spacial score (nSPS) is 13.4. The van der Waals surface area contributed by atoms with E-state index in [1.165, 1.54) is 19.4 Å². The summed E-state index contributed by atoms with van der Waals surface area (Å²) in [5.74, 6) is 0. The van der Waals surface area contributed by atoms with Crippen LogP contribution in [0.1, 0.15) is 39.2 Å². The first-order chi connectivity index (χ1) is 16.3. The Morgan fingerprint density at radius 3 is 2.51 bits per heavy atom. The zero-order valence-corrected chi connectivity index (χ0v) is 19.7. The molecular weight excluding hydrogens is 462 g/mol. The number of H-pyrrole nitrogens is 1. The van der Waals surface area contributed by atoms with E-state index in [0.717, 1.165) is 26.9 Å². The van der Waals surface area contributed by atoms with Crippen molar-refractivity contribution in [2.24, 2.45) is 7.05 Å². The number of pyridine rings is 2. The minimum Gasteiger partial charge on any atom is -0.343 e. The second-order valence-corrected chi connectivity index (χ2v) is 9.54. The summed E-state index contributed by atoms with van der Waals surface area (Å²) in [6.45, 7) is 9.19. The van der Waals surface area contributed by atoms with Crippen molar-refractivity contribution >= 4 is 11.0 Å². The first-order valence-electron chi connectivity index (χ1n) is 10.9.